The van der Waals surface area contributed by atoms with Gasteiger partial charge in [0.25, 0.3) is 0 Å². The van der Waals surface area contributed by atoms with Crippen LogP contribution >= 0.6 is 0 Å². The number of likely N-dealkylation sites (N-methyl/N-ethyl adjacent to an activating group) is 1. The summed E-state index contributed by atoms with van der Waals surface area (Å²) in [5, 5.41) is 1.19. The first kappa shape index (κ1) is 13.2. The number of aromatic nitrogens is 1. The van der Waals surface area contributed by atoms with Gasteiger partial charge in [-0.05, 0) is 29.6 Å². The number of piperazine rings is 1. The molecular formula is C16H21N3O. The standard InChI is InChI=1S/C16H21N3O/c1-2-18-7-9-19(10-8-18)16(20)12-13-3-4-14-5-6-17-15(14)11-13/h3-6,11,17H,2,7-10,12H2,1H3. The zero-order valence-electron chi connectivity index (χ0n) is 11.9. The molecule has 0 saturated carbocycles. The predicted molar refractivity (Wildman–Crippen MR) is 80.7 cm³/mol. The van der Waals surface area contributed by atoms with Crippen molar-refractivity contribution in [3.05, 3.63) is 36.0 Å². The van der Waals surface area contributed by atoms with E-state index in [4.69, 9.17) is 0 Å². The molecule has 3 rings (SSSR count). The lowest BCUT2D eigenvalue weighted by atomic mass is 10.1. The van der Waals surface area contributed by atoms with Gasteiger partial charge in [-0.3, -0.25) is 4.79 Å². The van der Waals surface area contributed by atoms with Crippen LogP contribution in [0.2, 0.25) is 0 Å². The number of aromatic amines is 1. The summed E-state index contributed by atoms with van der Waals surface area (Å²) in [6, 6.07) is 8.25. The van der Waals surface area contributed by atoms with E-state index >= 15 is 0 Å². The van der Waals surface area contributed by atoms with Crippen molar-refractivity contribution in [2.75, 3.05) is 32.7 Å². The first-order chi connectivity index (χ1) is 9.76. The number of fused-ring (bicyclic) bond motifs is 1. The molecule has 1 aromatic heterocycles. The number of H-pyrrole nitrogens is 1. The van der Waals surface area contributed by atoms with Gasteiger partial charge in [0, 0.05) is 37.9 Å². The highest BCUT2D eigenvalue weighted by Gasteiger charge is 2.20. The van der Waals surface area contributed by atoms with E-state index in [1.54, 1.807) is 0 Å². The van der Waals surface area contributed by atoms with Gasteiger partial charge in [0.2, 0.25) is 5.91 Å². The number of carbonyl (C=O) groups excluding carboxylic acids is 1. The Labute approximate surface area is 119 Å². The Bertz CT molecular complexity index is 597. The molecule has 106 valence electrons. The molecule has 1 saturated heterocycles. The fourth-order valence-electron chi connectivity index (χ4n) is 2.80. The lowest BCUT2D eigenvalue weighted by Crippen LogP contribution is -2.48. The molecule has 0 bridgehead atoms. The van der Waals surface area contributed by atoms with Crippen LogP contribution in [0, 0.1) is 0 Å². The van der Waals surface area contributed by atoms with Gasteiger partial charge in [-0.1, -0.05) is 19.1 Å². The zero-order chi connectivity index (χ0) is 13.9. The van der Waals surface area contributed by atoms with E-state index in [-0.39, 0.29) is 5.91 Å². The maximum absolute atomic E-state index is 12.3. The largest absolute Gasteiger partial charge is 0.361 e. The molecular weight excluding hydrogens is 250 g/mol. The van der Waals surface area contributed by atoms with Crippen LogP contribution in [0.15, 0.2) is 30.5 Å². The smallest absolute Gasteiger partial charge is 0.227 e. The summed E-state index contributed by atoms with van der Waals surface area (Å²) < 4.78 is 0. The SMILES string of the molecule is CCN1CCN(C(=O)Cc2ccc3cc[nH]c3c2)CC1. The number of carbonyl (C=O) groups is 1. The Morgan fingerprint density at radius 3 is 2.75 bits per heavy atom. The quantitative estimate of drug-likeness (QED) is 0.925. The van der Waals surface area contributed by atoms with Crippen molar-refractivity contribution >= 4 is 16.8 Å². The minimum Gasteiger partial charge on any atom is -0.361 e. The van der Waals surface area contributed by atoms with Crippen LogP contribution < -0.4 is 0 Å². The van der Waals surface area contributed by atoms with Gasteiger partial charge >= 0.3 is 0 Å². The number of hydrogen-bond donors (Lipinski definition) is 1. The number of rotatable bonds is 3. The molecule has 20 heavy (non-hydrogen) atoms. The molecule has 2 heterocycles. The maximum Gasteiger partial charge on any atom is 0.227 e. The van der Waals surface area contributed by atoms with Crippen LogP contribution in [0.5, 0.6) is 0 Å². The summed E-state index contributed by atoms with van der Waals surface area (Å²) in [5.41, 5.74) is 2.19. The molecule has 0 unspecified atom stereocenters. The molecule has 1 aliphatic rings. The number of benzene rings is 1. The summed E-state index contributed by atoms with van der Waals surface area (Å²) >= 11 is 0. The van der Waals surface area contributed by atoms with Crippen LogP contribution in [-0.4, -0.2) is 53.4 Å². The molecule has 0 atom stereocenters. The third kappa shape index (κ3) is 2.70. The highest BCUT2D eigenvalue weighted by Crippen LogP contribution is 2.15. The molecule has 4 heteroatoms. The fourth-order valence-corrected chi connectivity index (χ4v) is 2.80. The number of hydrogen-bond acceptors (Lipinski definition) is 2. The first-order valence-corrected chi connectivity index (χ1v) is 7.32. The monoisotopic (exact) mass is 271 g/mol. The van der Waals surface area contributed by atoms with Gasteiger partial charge in [0.1, 0.15) is 0 Å². The van der Waals surface area contributed by atoms with Gasteiger partial charge in [0.15, 0.2) is 0 Å². The summed E-state index contributed by atoms with van der Waals surface area (Å²) in [6.07, 6.45) is 2.43. The van der Waals surface area contributed by atoms with E-state index in [0.29, 0.717) is 6.42 Å². The third-order valence-electron chi connectivity index (χ3n) is 4.15. The Kier molecular flexibility index (Phi) is 3.74. The van der Waals surface area contributed by atoms with Crippen molar-refractivity contribution in [1.82, 2.24) is 14.8 Å². The average Bonchev–Trinajstić information content (AvgIpc) is 2.95. The first-order valence-electron chi connectivity index (χ1n) is 7.32. The molecule has 1 aliphatic heterocycles. The Morgan fingerprint density at radius 1 is 1.20 bits per heavy atom. The van der Waals surface area contributed by atoms with E-state index in [2.05, 4.69) is 35.0 Å². The van der Waals surface area contributed by atoms with Gasteiger partial charge in [-0.25, -0.2) is 0 Å². The Morgan fingerprint density at radius 2 is 2.00 bits per heavy atom. The van der Waals surface area contributed by atoms with Crippen LogP contribution in [0.4, 0.5) is 0 Å². The highest BCUT2D eigenvalue weighted by molar-refractivity contribution is 5.83. The maximum atomic E-state index is 12.3. The van der Waals surface area contributed by atoms with E-state index in [1.807, 2.05) is 17.2 Å². The fraction of sp³-hybridized carbons (Fsp3) is 0.438. The van der Waals surface area contributed by atoms with Crippen LogP contribution in [0.1, 0.15) is 12.5 Å². The minimum atomic E-state index is 0.242. The third-order valence-corrected chi connectivity index (χ3v) is 4.15. The van der Waals surface area contributed by atoms with E-state index in [0.717, 1.165) is 43.8 Å². The van der Waals surface area contributed by atoms with Gasteiger partial charge in [-0.15, -0.1) is 0 Å². The van der Waals surface area contributed by atoms with Crippen molar-refractivity contribution in [2.24, 2.45) is 0 Å². The van der Waals surface area contributed by atoms with Crippen LogP contribution in [0.3, 0.4) is 0 Å². The average molecular weight is 271 g/mol. The number of amides is 1. The van der Waals surface area contributed by atoms with E-state index in [9.17, 15) is 4.79 Å². The topological polar surface area (TPSA) is 39.3 Å². The minimum absolute atomic E-state index is 0.242. The predicted octanol–water partition coefficient (Wildman–Crippen LogP) is 1.87. The Balaban J connectivity index is 1.63. The van der Waals surface area contributed by atoms with E-state index < -0.39 is 0 Å². The second-order valence-corrected chi connectivity index (χ2v) is 5.39. The summed E-state index contributed by atoms with van der Waals surface area (Å²) in [7, 11) is 0. The molecule has 1 fully saturated rings. The molecule has 0 radical (unpaired) electrons. The lowest BCUT2D eigenvalue weighted by molar-refractivity contribution is -0.132. The summed E-state index contributed by atoms with van der Waals surface area (Å²) in [6.45, 7) is 6.96. The van der Waals surface area contributed by atoms with Crippen LogP contribution in [0.25, 0.3) is 10.9 Å². The second-order valence-electron chi connectivity index (χ2n) is 5.39. The van der Waals surface area contributed by atoms with Gasteiger partial charge < -0.3 is 14.8 Å². The van der Waals surface area contributed by atoms with Gasteiger partial charge in [0.05, 0.1) is 6.42 Å². The van der Waals surface area contributed by atoms with E-state index in [1.165, 1.54) is 5.39 Å². The summed E-state index contributed by atoms with van der Waals surface area (Å²) in [5.74, 6) is 0.242. The van der Waals surface area contributed by atoms with Crippen molar-refractivity contribution in [3.63, 3.8) is 0 Å². The van der Waals surface area contributed by atoms with Gasteiger partial charge in [-0.2, -0.15) is 0 Å². The Hall–Kier alpha value is -1.81. The lowest BCUT2D eigenvalue weighted by Gasteiger charge is -2.34. The van der Waals surface area contributed by atoms with Crippen molar-refractivity contribution in [2.45, 2.75) is 13.3 Å². The second kappa shape index (κ2) is 5.67. The normalized spacial score (nSPS) is 16.8. The highest BCUT2D eigenvalue weighted by atomic mass is 16.2. The molecule has 0 spiro atoms. The number of nitrogens with one attached hydrogen (secondary N) is 1. The molecule has 1 N–H and O–H groups in total. The molecule has 4 nitrogen and oxygen atoms in total. The van der Waals surface area contributed by atoms with Crippen molar-refractivity contribution in [3.8, 4) is 0 Å². The van der Waals surface area contributed by atoms with Crippen molar-refractivity contribution in [1.29, 1.82) is 0 Å². The van der Waals surface area contributed by atoms with Crippen molar-refractivity contribution < 1.29 is 4.79 Å². The van der Waals surface area contributed by atoms with Crippen LogP contribution in [-0.2, 0) is 11.2 Å². The zero-order valence-corrected chi connectivity index (χ0v) is 11.9. The molecule has 1 aromatic carbocycles. The molecule has 0 aliphatic carbocycles. The number of nitrogens with zero attached hydrogens (tertiary/aromatic N) is 2. The summed E-state index contributed by atoms with van der Waals surface area (Å²) in [4.78, 5) is 19.9. The molecule has 2 aromatic rings. The molecule has 1 amide bonds.